The van der Waals surface area contributed by atoms with Gasteiger partial charge in [-0.3, -0.25) is 0 Å². The van der Waals surface area contributed by atoms with E-state index in [0.29, 0.717) is 9.59 Å². The maximum atomic E-state index is 13.7. The van der Waals surface area contributed by atoms with Crippen LogP contribution in [-0.2, 0) is 32.0 Å². The van der Waals surface area contributed by atoms with E-state index in [2.05, 4.69) is 15.9 Å². The highest BCUT2D eigenvalue weighted by Gasteiger charge is 2.41. The number of ether oxygens (including phenoxy) is 2. The lowest BCUT2D eigenvalue weighted by Gasteiger charge is -2.19. The van der Waals surface area contributed by atoms with Crippen molar-refractivity contribution >= 4 is 39.5 Å². The van der Waals surface area contributed by atoms with Gasteiger partial charge in [-0.05, 0) is 54.4 Å². The van der Waals surface area contributed by atoms with Crippen molar-refractivity contribution in [3.8, 4) is 17.3 Å². The van der Waals surface area contributed by atoms with Crippen LogP contribution in [0.25, 0.3) is 11.3 Å². The second-order valence-corrected chi connectivity index (χ2v) is 8.22. The van der Waals surface area contributed by atoms with E-state index in [4.69, 9.17) is 21.1 Å². The van der Waals surface area contributed by atoms with E-state index < -0.39 is 40.6 Å². The number of carbonyl (C=O) groups is 2. The molecule has 2 aromatic rings. The second-order valence-electron chi connectivity index (χ2n) is 6.99. The van der Waals surface area contributed by atoms with Crippen molar-refractivity contribution in [3.05, 3.63) is 45.0 Å². The Labute approximate surface area is 183 Å². The van der Waals surface area contributed by atoms with Gasteiger partial charge in [-0.1, -0.05) is 23.7 Å². The first-order valence-electron chi connectivity index (χ1n) is 8.31. The van der Waals surface area contributed by atoms with Gasteiger partial charge in [-0.2, -0.15) is 18.4 Å². The van der Waals surface area contributed by atoms with Crippen molar-refractivity contribution in [3.63, 3.8) is 0 Å². The predicted molar refractivity (Wildman–Crippen MR) is 104 cm³/mol. The number of rotatable bonds is 3. The normalized spacial score (nSPS) is 11.7. The number of hydrogen-bond acceptors (Lipinski definition) is 5. The Kier molecular flexibility index (Phi) is 6.89. The van der Waals surface area contributed by atoms with Gasteiger partial charge < -0.3 is 14.0 Å². The molecule has 0 N–H and O–H groups in total. The van der Waals surface area contributed by atoms with Crippen LogP contribution in [0.2, 0.25) is 5.02 Å². The molecule has 1 aromatic heterocycles. The highest BCUT2D eigenvalue weighted by atomic mass is 79.9. The van der Waals surface area contributed by atoms with Crippen LogP contribution in [0, 0.1) is 11.3 Å². The number of carbonyl (C=O) groups excluding carboxylic acids is 2. The molecule has 0 atom stereocenters. The number of aromatic nitrogens is 1. The predicted octanol–water partition coefficient (Wildman–Crippen LogP) is 5.30. The molecule has 0 spiro atoms. The molecular formula is C19H15BrClF3N2O4. The molecule has 11 heteroatoms. The largest absolute Gasteiger partial charge is 0.452 e. The van der Waals surface area contributed by atoms with Crippen molar-refractivity contribution in [2.75, 3.05) is 0 Å². The number of nitrogens with zero attached hydrogens (tertiary/aromatic N) is 2. The smallest absolute Gasteiger partial charge is 0.432 e. The third kappa shape index (κ3) is 5.34. The SMILES string of the molecule is CC(C)(C)OC(=O)C(=O)OCn1c(-c2ccc(Cl)cc2)c(C#N)c(Br)c1C(F)(F)F. The fourth-order valence-corrected chi connectivity index (χ4v) is 3.35. The average Bonchev–Trinajstić information content (AvgIpc) is 2.90. The molecule has 0 saturated heterocycles. The lowest BCUT2D eigenvalue weighted by molar-refractivity contribution is -0.177. The van der Waals surface area contributed by atoms with Gasteiger partial charge in [0.2, 0.25) is 0 Å². The van der Waals surface area contributed by atoms with Crippen LogP contribution in [0.3, 0.4) is 0 Å². The van der Waals surface area contributed by atoms with E-state index in [9.17, 15) is 28.0 Å². The standard InChI is InChI=1S/C19H15BrClF3N2O4/c1-18(2,3)30-17(28)16(27)29-9-26-14(10-4-6-11(21)7-5-10)12(8-25)13(20)15(26)19(22,23)24/h4-7H,9H2,1-3H3. The number of hydrogen-bond donors (Lipinski definition) is 0. The van der Waals surface area contributed by atoms with Gasteiger partial charge in [0, 0.05) is 5.02 Å². The Bertz CT molecular complexity index is 1020. The summed E-state index contributed by atoms with van der Waals surface area (Å²) < 4.78 is 50.8. The van der Waals surface area contributed by atoms with Gasteiger partial charge in [0.25, 0.3) is 0 Å². The summed E-state index contributed by atoms with van der Waals surface area (Å²) >= 11 is 8.65. The van der Waals surface area contributed by atoms with Crippen LogP contribution in [0.4, 0.5) is 13.2 Å². The molecule has 160 valence electrons. The molecule has 0 bridgehead atoms. The molecule has 0 radical (unpaired) electrons. The fourth-order valence-electron chi connectivity index (χ4n) is 2.51. The maximum absolute atomic E-state index is 13.7. The molecule has 0 fully saturated rings. The molecule has 30 heavy (non-hydrogen) atoms. The van der Waals surface area contributed by atoms with E-state index in [-0.39, 0.29) is 16.8 Å². The molecule has 0 saturated carbocycles. The maximum Gasteiger partial charge on any atom is 0.432 e. The summed E-state index contributed by atoms with van der Waals surface area (Å²) in [5, 5.41) is 9.78. The molecule has 6 nitrogen and oxygen atoms in total. The first-order valence-corrected chi connectivity index (χ1v) is 9.48. The zero-order chi connectivity index (χ0) is 22.9. The minimum atomic E-state index is -4.90. The Hall–Kier alpha value is -2.51. The minimum Gasteiger partial charge on any atom is -0.452 e. The van der Waals surface area contributed by atoms with Gasteiger partial charge in [0.05, 0.1) is 15.7 Å². The van der Waals surface area contributed by atoms with Gasteiger partial charge in [0.15, 0.2) is 6.73 Å². The lowest BCUT2D eigenvalue weighted by Crippen LogP contribution is -2.31. The van der Waals surface area contributed by atoms with Crippen LogP contribution in [-0.4, -0.2) is 22.1 Å². The van der Waals surface area contributed by atoms with Crippen LogP contribution >= 0.6 is 27.5 Å². The molecule has 1 heterocycles. The zero-order valence-electron chi connectivity index (χ0n) is 15.9. The monoisotopic (exact) mass is 506 g/mol. The van der Waals surface area contributed by atoms with E-state index in [1.54, 1.807) is 6.07 Å². The lowest BCUT2D eigenvalue weighted by atomic mass is 10.1. The Balaban J connectivity index is 2.54. The summed E-state index contributed by atoms with van der Waals surface area (Å²) in [4.78, 5) is 23.7. The highest BCUT2D eigenvalue weighted by Crippen LogP contribution is 2.43. The van der Waals surface area contributed by atoms with E-state index >= 15 is 0 Å². The topological polar surface area (TPSA) is 81.3 Å². The molecule has 0 aliphatic heterocycles. The summed E-state index contributed by atoms with van der Waals surface area (Å²) in [6, 6.07) is 7.41. The Morgan fingerprint density at radius 3 is 2.20 bits per heavy atom. The third-order valence-corrected chi connectivity index (χ3v) is 4.62. The highest BCUT2D eigenvalue weighted by molar-refractivity contribution is 9.10. The molecule has 0 aliphatic rings. The number of benzene rings is 1. The fraction of sp³-hybridized carbons (Fsp3) is 0.316. The second kappa shape index (κ2) is 8.70. The number of alkyl halides is 3. The number of halogens is 5. The van der Waals surface area contributed by atoms with E-state index in [0.717, 1.165) is 0 Å². The van der Waals surface area contributed by atoms with Crippen LogP contribution < -0.4 is 0 Å². The average molecular weight is 508 g/mol. The van der Waals surface area contributed by atoms with Gasteiger partial charge in [-0.15, -0.1) is 0 Å². The first kappa shape index (κ1) is 23.8. The van der Waals surface area contributed by atoms with Crippen LogP contribution in [0.1, 0.15) is 32.0 Å². The quantitative estimate of drug-likeness (QED) is 0.416. The molecular weight excluding hydrogens is 493 g/mol. The summed E-state index contributed by atoms with van der Waals surface area (Å²) in [6.45, 7) is 3.56. The molecule has 0 amide bonds. The molecule has 2 rings (SSSR count). The van der Waals surface area contributed by atoms with Crippen molar-refractivity contribution in [2.45, 2.75) is 39.3 Å². The van der Waals surface area contributed by atoms with E-state index in [1.807, 2.05) is 0 Å². The molecule has 0 unspecified atom stereocenters. The third-order valence-electron chi connectivity index (χ3n) is 3.59. The first-order chi connectivity index (χ1) is 13.8. The van der Waals surface area contributed by atoms with Crippen LogP contribution in [0.15, 0.2) is 28.7 Å². The number of esters is 2. The Morgan fingerprint density at radius 2 is 1.73 bits per heavy atom. The van der Waals surface area contributed by atoms with Crippen molar-refractivity contribution in [1.82, 2.24) is 4.57 Å². The van der Waals surface area contributed by atoms with Gasteiger partial charge >= 0.3 is 18.1 Å². The minimum absolute atomic E-state index is 0.162. The Morgan fingerprint density at radius 1 is 1.17 bits per heavy atom. The summed E-state index contributed by atoms with van der Waals surface area (Å²) in [6.07, 6.45) is -4.90. The van der Waals surface area contributed by atoms with Crippen molar-refractivity contribution in [2.24, 2.45) is 0 Å². The van der Waals surface area contributed by atoms with Crippen molar-refractivity contribution < 1.29 is 32.2 Å². The summed E-state index contributed by atoms with van der Waals surface area (Å²) in [5.74, 6) is -2.82. The van der Waals surface area contributed by atoms with Gasteiger partial charge in [0.1, 0.15) is 17.4 Å². The van der Waals surface area contributed by atoms with Crippen LogP contribution in [0.5, 0.6) is 0 Å². The summed E-state index contributed by atoms with van der Waals surface area (Å²) in [5.41, 5.74) is -2.50. The van der Waals surface area contributed by atoms with Gasteiger partial charge in [-0.25, -0.2) is 9.59 Å². The molecule has 0 aliphatic carbocycles. The zero-order valence-corrected chi connectivity index (χ0v) is 18.3. The number of nitriles is 1. The van der Waals surface area contributed by atoms with Crippen molar-refractivity contribution in [1.29, 1.82) is 5.26 Å². The summed E-state index contributed by atoms with van der Waals surface area (Å²) in [7, 11) is 0. The molecule has 1 aromatic carbocycles. The van der Waals surface area contributed by atoms with E-state index in [1.165, 1.54) is 45.0 Å².